The number of hydrogen-bond acceptors (Lipinski definition) is 4. The predicted octanol–water partition coefficient (Wildman–Crippen LogP) is 4.70. The van der Waals surface area contributed by atoms with Gasteiger partial charge in [0.25, 0.3) is 0 Å². The molecule has 3 rings (SSSR count). The molecule has 1 atom stereocenters. The minimum absolute atomic E-state index is 0.104. The van der Waals surface area contributed by atoms with Crippen molar-refractivity contribution in [2.75, 3.05) is 7.11 Å². The van der Waals surface area contributed by atoms with Crippen molar-refractivity contribution >= 4 is 13.1 Å². The molecule has 0 spiro atoms. The molecule has 1 fully saturated rings. The number of carbonyl (C=O) groups is 1. The van der Waals surface area contributed by atoms with Crippen molar-refractivity contribution in [2.24, 2.45) is 0 Å². The Kier molecular flexibility index (Phi) is 5.45. The lowest BCUT2D eigenvalue weighted by Crippen LogP contribution is -2.41. The molecule has 2 aromatic carbocycles. The van der Waals surface area contributed by atoms with Gasteiger partial charge >= 0.3 is 13.1 Å². The summed E-state index contributed by atoms with van der Waals surface area (Å²) in [6.45, 7) is 8.26. The highest BCUT2D eigenvalue weighted by atomic mass is 16.7. The summed E-state index contributed by atoms with van der Waals surface area (Å²) in [5.41, 5.74) is 2.15. The van der Waals surface area contributed by atoms with Gasteiger partial charge in [-0.3, -0.25) is 0 Å². The van der Waals surface area contributed by atoms with Gasteiger partial charge in [-0.05, 0) is 57.3 Å². The standard InChI is InChI=1S/C22H27BO4/c1-21(2)22(3,4)27-23(26-21)15-19(16-9-7-6-8-10-16)17-11-13-18(14-12-17)20(24)25-5/h6-14,19H,15H2,1-5H3. The van der Waals surface area contributed by atoms with E-state index in [0.29, 0.717) is 11.9 Å². The van der Waals surface area contributed by atoms with Crippen LogP contribution >= 0.6 is 0 Å². The Morgan fingerprint density at radius 3 is 1.96 bits per heavy atom. The van der Waals surface area contributed by atoms with Gasteiger partial charge in [0, 0.05) is 5.92 Å². The molecule has 27 heavy (non-hydrogen) atoms. The lowest BCUT2D eigenvalue weighted by molar-refractivity contribution is 0.00578. The predicted molar refractivity (Wildman–Crippen MR) is 107 cm³/mol. The van der Waals surface area contributed by atoms with Gasteiger partial charge < -0.3 is 14.0 Å². The zero-order valence-electron chi connectivity index (χ0n) is 16.7. The van der Waals surface area contributed by atoms with Crippen LogP contribution in [0.4, 0.5) is 0 Å². The van der Waals surface area contributed by atoms with E-state index in [1.54, 1.807) is 12.1 Å². The number of ether oxygens (including phenoxy) is 1. The van der Waals surface area contributed by atoms with Crippen molar-refractivity contribution in [3.05, 3.63) is 71.3 Å². The summed E-state index contributed by atoms with van der Waals surface area (Å²) < 4.78 is 17.2. The smallest absolute Gasteiger partial charge is 0.458 e. The number of esters is 1. The molecule has 0 aliphatic carbocycles. The molecular formula is C22H27BO4. The van der Waals surface area contributed by atoms with Crippen LogP contribution in [-0.4, -0.2) is 31.4 Å². The summed E-state index contributed by atoms with van der Waals surface area (Å²) in [7, 11) is 1.10. The average molecular weight is 366 g/mol. The van der Waals surface area contributed by atoms with Gasteiger partial charge in [0.05, 0.1) is 23.9 Å². The van der Waals surface area contributed by atoms with Crippen molar-refractivity contribution < 1.29 is 18.8 Å². The highest BCUT2D eigenvalue weighted by Crippen LogP contribution is 2.41. The molecule has 0 radical (unpaired) electrons. The molecule has 0 amide bonds. The fourth-order valence-electron chi connectivity index (χ4n) is 3.37. The summed E-state index contributed by atoms with van der Waals surface area (Å²) in [6, 6.07) is 17.9. The SMILES string of the molecule is COC(=O)c1ccc(C(CB2OC(C)(C)C(C)(C)O2)c2ccccc2)cc1. The van der Waals surface area contributed by atoms with E-state index in [0.717, 1.165) is 5.56 Å². The third-order valence-corrected chi connectivity index (χ3v) is 5.67. The highest BCUT2D eigenvalue weighted by molar-refractivity contribution is 6.45. The molecule has 0 N–H and O–H groups in total. The molecule has 1 unspecified atom stereocenters. The second kappa shape index (κ2) is 7.49. The van der Waals surface area contributed by atoms with Crippen LogP contribution in [0.5, 0.6) is 0 Å². The van der Waals surface area contributed by atoms with E-state index in [9.17, 15) is 4.79 Å². The summed E-state index contributed by atoms with van der Waals surface area (Å²) in [4.78, 5) is 11.7. The molecule has 1 heterocycles. The van der Waals surface area contributed by atoms with Gasteiger partial charge in [0.15, 0.2) is 0 Å². The van der Waals surface area contributed by atoms with E-state index in [-0.39, 0.29) is 30.2 Å². The Bertz CT molecular complexity index is 768. The minimum Gasteiger partial charge on any atom is -0.465 e. The highest BCUT2D eigenvalue weighted by Gasteiger charge is 2.51. The maximum atomic E-state index is 11.7. The molecule has 1 aliphatic heterocycles. The van der Waals surface area contributed by atoms with Crippen LogP contribution in [0.3, 0.4) is 0 Å². The molecule has 0 saturated carbocycles. The molecule has 5 heteroatoms. The van der Waals surface area contributed by atoms with Gasteiger partial charge in [-0.2, -0.15) is 0 Å². The first kappa shape index (κ1) is 19.7. The van der Waals surface area contributed by atoms with Crippen molar-refractivity contribution in [3.8, 4) is 0 Å². The Balaban J connectivity index is 1.88. The van der Waals surface area contributed by atoms with Crippen LogP contribution < -0.4 is 0 Å². The summed E-state index contributed by atoms with van der Waals surface area (Å²) in [5.74, 6) is -0.226. The first-order valence-corrected chi connectivity index (χ1v) is 9.32. The normalized spacial score (nSPS) is 18.9. The molecule has 2 aromatic rings. The zero-order valence-corrected chi connectivity index (χ0v) is 16.7. The maximum Gasteiger partial charge on any atom is 0.458 e. The summed E-state index contributed by atoms with van der Waals surface area (Å²) in [6.07, 6.45) is 0.703. The Labute approximate surface area is 162 Å². The first-order chi connectivity index (χ1) is 12.7. The lowest BCUT2D eigenvalue weighted by Gasteiger charge is -2.32. The third-order valence-electron chi connectivity index (χ3n) is 5.67. The number of methoxy groups -OCH3 is 1. The number of benzene rings is 2. The molecule has 1 aliphatic rings. The van der Waals surface area contributed by atoms with Crippen molar-refractivity contribution in [1.29, 1.82) is 0 Å². The van der Waals surface area contributed by atoms with Gasteiger partial charge in [0.1, 0.15) is 0 Å². The fraction of sp³-hybridized carbons (Fsp3) is 0.409. The van der Waals surface area contributed by atoms with Crippen LogP contribution in [0, 0.1) is 0 Å². The molecule has 0 aromatic heterocycles. The molecular weight excluding hydrogens is 339 g/mol. The lowest BCUT2D eigenvalue weighted by atomic mass is 9.72. The van der Waals surface area contributed by atoms with E-state index >= 15 is 0 Å². The maximum absolute atomic E-state index is 11.7. The van der Waals surface area contributed by atoms with E-state index in [4.69, 9.17) is 14.0 Å². The topological polar surface area (TPSA) is 44.8 Å². The summed E-state index contributed by atoms with van der Waals surface area (Å²) >= 11 is 0. The average Bonchev–Trinajstić information content (AvgIpc) is 2.86. The van der Waals surface area contributed by atoms with Gasteiger partial charge in [0.2, 0.25) is 0 Å². The van der Waals surface area contributed by atoms with Gasteiger partial charge in [-0.1, -0.05) is 42.5 Å². The second-order valence-electron chi connectivity index (χ2n) is 8.00. The van der Waals surface area contributed by atoms with Crippen LogP contribution in [0.15, 0.2) is 54.6 Å². The number of hydrogen-bond donors (Lipinski definition) is 0. The Hall–Kier alpha value is -2.11. The van der Waals surface area contributed by atoms with Crippen molar-refractivity contribution in [2.45, 2.75) is 51.1 Å². The van der Waals surface area contributed by atoms with E-state index in [1.165, 1.54) is 12.7 Å². The van der Waals surface area contributed by atoms with E-state index in [2.05, 4.69) is 39.8 Å². The van der Waals surface area contributed by atoms with Crippen molar-refractivity contribution in [3.63, 3.8) is 0 Å². The van der Waals surface area contributed by atoms with Crippen LogP contribution in [0.25, 0.3) is 0 Å². The third kappa shape index (κ3) is 4.09. The molecule has 4 nitrogen and oxygen atoms in total. The number of carbonyl (C=O) groups excluding carboxylic acids is 1. The van der Waals surface area contributed by atoms with Crippen molar-refractivity contribution in [1.82, 2.24) is 0 Å². The van der Waals surface area contributed by atoms with E-state index in [1.807, 2.05) is 30.3 Å². The largest absolute Gasteiger partial charge is 0.465 e. The quantitative estimate of drug-likeness (QED) is 0.569. The van der Waals surface area contributed by atoms with Crippen LogP contribution in [0.1, 0.15) is 55.1 Å². The molecule has 0 bridgehead atoms. The first-order valence-electron chi connectivity index (χ1n) is 9.32. The summed E-state index contributed by atoms with van der Waals surface area (Å²) in [5, 5.41) is 0. The molecule has 142 valence electrons. The second-order valence-corrected chi connectivity index (χ2v) is 8.00. The minimum atomic E-state index is -0.354. The number of rotatable bonds is 5. The Morgan fingerprint density at radius 1 is 0.926 bits per heavy atom. The van der Waals surface area contributed by atoms with Gasteiger partial charge in [-0.15, -0.1) is 0 Å². The van der Waals surface area contributed by atoms with Crippen LogP contribution in [-0.2, 0) is 14.0 Å². The van der Waals surface area contributed by atoms with E-state index < -0.39 is 0 Å². The monoisotopic (exact) mass is 366 g/mol. The Morgan fingerprint density at radius 2 is 1.44 bits per heavy atom. The fourth-order valence-corrected chi connectivity index (χ4v) is 3.37. The molecule has 1 saturated heterocycles. The van der Waals surface area contributed by atoms with Gasteiger partial charge in [-0.25, -0.2) is 4.79 Å². The zero-order chi connectivity index (χ0) is 19.7. The van der Waals surface area contributed by atoms with Crippen LogP contribution in [0.2, 0.25) is 6.32 Å².